The molecule has 0 aromatic carbocycles. The number of carbonyl (C=O) groups excluding carboxylic acids is 1. The molecule has 5 heteroatoms. The first-order chi connectivity index (χ1) is 7.15. The zero-order chi connectivity index (χ0) is 11.3. The fourth-order valence-corrected chi connectivity index (χ4v) is 1.28. The first-order valence-corrected chi connectivity index (χ1v) is 4.85. The lowest BCUT2D eigenvalue weighted by Gasteiger charge is -2.21. The zero-order valence-corrected chi connectivity index (χ0v) is 8.40. The predicted octanol–water partition coefficient (Wildman–Crippen LogP) is 0.268. The van der Waals surface area contributed by atoms with Gasteiger partial charge in [-0.25, -0.2) is 4.79 Å². The van der Waals surface area contributed by atoms with Crippen LogP contribution in [0.5, 0.6) is 0 Å². The van der Waals surface area contributed by atoms with Crippen LogP contribution in [0.2, 0.25) is 0 Å². The molecule has 0 bridgehead atoms. The molecule has 1 aliphatic rings. The van der Waals surface area contributed by atoms with Crippen LogP contribution in [0.3, 0.4) is 0 Å². The topological polar surface area (TPSA) is 69.6 Å². The third-order valence-corrected chi connectivity index (χ3v) is 2.16. The Morgan fingerprint density at radius 3 is 2.67 bits per heavy atom. The third-order valence-electron chi connectivity index (χ3n) is 2.16. The molecule has 0 atom stereocenters. The van der Waals surface area contributed by atoms with Gasteiger partial charge in [-0.3, -0.25) is 4.79 Å². The van der Waals surface area contributed by atoms with Crippen LogP contribution in [0.25, 0.3) is 0 Å². The molecular weight excluding hydrogens is 196 g/mol. The summed E-state index contributed by atoms with van der Waals surface area (Å²) < 4.78 is 0. The number of carboxylic acid groups (broad SMARTS) is 1. The van der Waals surface area contributed by atoms with E-state index in [4.69, 9.17) is 11.5 Å². The Hall–Kier alpha value is -1.70. The Labute approximate surface area is 88.4 Å². The Bertz CT molecular complexity index is 292. The van der Waals surface area contributed by atoms with Gasteiger partial charge in [-0.1, -0.05) is 5.92 Å². The number of aliphatic carboxylic acids is 1. The van der Waals surface area contributed by atoms with Crippen molar-refractivity contribution in [3.05, 3.63) is 0 Å². The highest BCUT2D eigenvalue weighted by Gasteiger charge is 2.32. The molecule has 0 heterocycles. The van der Waals surface area contributed by atoms with Gasteiger partial charge in [0, 0.05) is 12.6 Å². The summed E-state index contributed by atoms with van der Waals surface area (Å²) in [5.41, 5.74) is 0. The van der Waals surface area contributed by atoms with Gasteiger partial charge in [0.25, 0.3) is 0 Å². The number of rotatable bonds is 5. The van der Waals surface area contributed by atoms with E-state index in [1.807, 2.05) is 0 Å². The summed E-state index contributed by atoms with van der Waals surface area (Å²) in [7, 11) is 0. The van der Waals surface area contributed by atoms with Gasteiger partial charge >= 0.3 is 12.0 Å². The molecule has 82 valence electrons. The molecule has 2 amide bonds. The minimum atomic E-state index is -0.898. The Morgan fingerprint density at radius 1 is 1.53 bits per heavy atom. The number of hydrogen-bond acceptors (Lipinski definition) is 2. The average Bonchev–Trinajstić information content (AvgIpc) is 2.98. The van der Waals surface area contributed by atoms with E-state index in [1.165, 1.54) is 0 Å². The van der Waals surface area contributed by atoms with E-state index >= 15 is 0 Å². The molecule has 1 saturated carbocycles. The second-order valence-electron chi connectivity index (χ2n) is 3.43. The van der Waals surface area contributed by atoms with Crippen LogP contribution in [-0.2, 0) is 4.79 Å². The van der Waals surface area contributed by atoms with Crippen molar-refractivity contribution in [3.8, 4) is 12.3 Å². The molecule has 0 unspecified atom stereocenters. The number of nitrogens with one attached hydrogen (secondary N) is 1. The molecule has 2 N–H and O–H groups in total. The monoisotopic (exact) mass is 210 g/mol. The Kier molecular flexibility index (Phi) is 3.98. The predicted molar refractivity (Wildman–Crippen MR) is 54.2 cm³/mol. The van der Waals surface area contributed by atoms with E-state index in [0.29, 0.717) is 0 Å². The highest BCUT2D eigenvalue weighted by molar-refractivity contribution is 5.76. The lowest BCUT2D eigenvalue weighted by Crippen LogP contribution is -2.42. The standard InChI is InChI=1S/C10H14N2O3/c1-2-6-11-10(15)12(8-3-4-8)7-5-9(13)14/h1,8H,3-7H2,(H,11,15)(H,13,14). The quantitative estimate of drug-likeness (QED) is 0.640. The molecule has 0 aliphatic heterocycles. The van der Waals surface area contributed by atoms with Gasteiger partial charge in [-0.2, -0.15) is 0 Å². The summed E-state index contributed by atoms with van der Waals surface area (Å²) in [4.78, 5) is 23.5. The Morgan fingerprint density at radius 2 is 2.20 bits per heavy atom. The fraction of sp³-hybridized carbons (Fsp3) is 0.600. The van der Waals surface area contributed by atoms with Crippen molar-refractivity contribution in [1.29, 1.82) is 0 Å². The second kappa shape index (κ2) is 5.25. The van der Waals surface area contributed by atoms with Gasteiger partial charge in [0.15, 0.2) is 0 Å². The first-order valence-electron chi connectivity index (χ1n) is 4.85. The van der Waals surface area contributed by atoms with Crippen LogP contribution >= 0.6 is 0 Å². The molecule has 15 heavy (non-hydrogen) atoms. The number of nitrogens with zero attached hydrogens (tertiary/aromatic N) is 1. The van der Waals surface area contributed by atoms with Crippen LogP contribution in [-0.4, -0.2) is 41.1 Å². The van der Waals surface area contributed by atoms with Crippen molar-refractivity contribution in [2.45, 2.75) is 25.3 Å². The molecule has 0 radical (unpaired) electrons. The Balaban J connectivity index is 2.39. The number of terminal acetylenes is 1. The molecule has 0 saturated heterocycles. The number of hydrogen-bond donors (Lipinski definition) is 2. The van der Waals surface area contributed by atoms with Crippen molar-refractivity contribution in [3.63, 3.8) is 0 Å². The largest absolute Gasteiger partial charge is 0.481 e. The van der Waals surface area contributed by atoms with E-state index < -0.39 is 5.97 Å². The highest BCUT2D eigenvalue weighted by Crippen LogP contribution is 2.26. The van der Waals surface area contributed by atoms with E-state index in [1.54, 1.807) is 4.90 Å². The van der Waals surface area contributed by atoms with Gasteiger partial charge in [-0.15, -0.1) is 6.42 Å². The smallest absolute Gasteiger partial charge is 0.318 e. The maximum Gasteiger partial charge on any atom is 0.318 e. The molecule has 0 aromatic heterocycles. The first kappa shape index (κ1) is 11.4. The lowest BCUT2D eigenvalue weighted by molar-refractivity contribution is -0.137. The molecule has 5 nitrogen and oxygen atoms in total. The van der Waals surface area contributed by atoms with Crippen molar-refractivity contribution >= 4 is 12.0 Å². The summed E-state index contributed by atoms with van der Waals surface area (Å²) >= 11 is 0. The fourth-order valence-electron chi connectivity index (χ4n) is 1.28. The molecule has 1 fully saturated rings. The van der Waals surface area contributed by atoms with Gasteiger partial charge in [0.2, 0.25) is 0 Å². The summed E-state index contributed by atoms with van der Waals surface area (Å²) in [6.45, 7) is 0.422. The van der Waals surface area contributed by atoms with E-state index in [-0.39, 0.29) is 31.6 Å². The molecule has 1 aliphatic carbocycles. The summed E-state index contributed by atoms with van der Waals surface area (Å²) in [6.07, 6.45) is 6.88. The number of carboxylic acids is 1. The van der Waals surface area contributed by atoms with Gasteiger partial charge in [0.05, 0.1) is 13.0 Å². The van der Waals surface area contributed by atoms with Crippen LogP contribution in [0.4, 0.5) is 4.79 Å². The van der Waals surface area contributed by atoms with Gasteiger partial charge in [-0.05, 0) is 12.8 Å². The van der Waals surface area contributed by atoms with Crippen LogP contribution in [0.1, 0.15) is 19.3 Å². The van der Waals surface area contributed by atoms with Crippen LogP contribution in [0.15, 0.2) is 0 Å². The van der Waals surface area contributed by atoms with Crippen LogP contribution in [0, 0.1) is 12.3 Å². The maximum atomic E-state index is 11.5. The maximum absolute atomic E-state index is 11.5. The number of carbonyl (C=O) groups is 2. The second-order valence-corrected chi connectivity index (χ2v) is 3.43. The summed E-state index contributed by atoms with van der Waals surface area (Å²) in [6, 6.07) is -0.0705. The minimum Gasteiger partial charge on any atom is -0.481 e. The zero-order valence-electron chi connectivity index (χ0n) is 8.40. The molecule has 0 aromatic rings. The van der Waals surface area contributed by atoms with E-state index in [2.05, 4.69) is 11.2 Å². The lowest BCUT2D eigenvalue weighted by atomic mass is 10.4. The SMILES string of the molecule is C#CCNC(=O)N(CCC(=O)O)C1CC1. The van der Waals surface area contributed by atoms with Gasteiger partial charge < -0.3 is 15.3 Å². The van der Waals surface area contributed by atoms with Crippen molar-refractivity contribution in [1.82, 2.24) is 10.2 Å². The van der Waals surface area contributed by atoms with Crippen LogP contribution < -0.4 is 5.32 Å². The van der Waals surface area contributed by atoms with E-state index in [0.717, 1.165) is 12.8 Å². The average molecular weight is 210 g/mol. The van der Waals surface area contributed by atoms with E-state index in [9.17, 15) is 9.59 Å². The van der Waals surface area contributed by atoms with Crippen molar-refractivity contribution in [2.24, 2.45) is 0 Å². The third kappa shape index (κ3) is 3.90. The van der Waals surface area contributed by atoms with Crippen molar-refractivity contribution < 1.29 is 14.7 Å². The number of urea groups is 1. The highest BCUT2D eigenvalue weighted by atomic mass is 16.4. The summed E-state index contributed by atoms with van der Waals surface area (Å²) in [5.74, 6) is 1.40. The van der Waals surface area contributed by atoms with Crippen molar-refractivity contribution in [2.75, 3.05) is 13.1 Å². The molecular formula is C10H14N2O3. The minimum absolute atomic E-state index is 0.0278. The molecule has 0 spiro atoms. The molecule has 1 rings (SSSR count). The normalized spacial score (nSPS) is 14.1. The summed E-state index contributed by atoms with van der Waals surface area (Å²) in [5, 5.41) is 11.1. The van der Waals surface area contributed by atoms with Gasteiger partial charge in [0.1, 0.15) is 0 Å². The number of amides is 2.